The molecule has 0 saturated heterocycles. The van der Waals surface area contributed by atoms with Crippen molar-refractivity contribution in [3.8, 4) is 0 Å². The van der Waals surface area contributed by atoms with Crippen molar-refractivity contribution in [3.05, 3.63) is 24.2 Å². The Morgan fingerprint density at radius 1 is 1.60 bits per heavy atom. The first-order valence-corrected chi connectivity index (χ1v) is 5.24. The van der Waals surface area contributed by atoms with Gasteiger partial charge in [-0.05, 0) is 31.2 Å². The van der Waals surface area contributed by atoms with Crippen molar-refractivity contribution in [2.75, 3.05) is 6.54 Å². The van der Waals surface area contributed by atoms with Crippen LogP contribution in [0.5, 0.6) is 0 Å². The Morgan fingerprint density at radius 2 is 2.47 bits per heavy atom. The highest BCUT2D eigenvalue weighted by atomic mass is 16.3. The van der Waals surface area contributed by atoms with E-state index in [1.807, 2.05) is 0 Å². The molecule has 1 heterocycles. The number of aliphatic hydroxyl groups excluding tert-OH is 1. The number of carbonyl (C=O) groups excluding carboxylic acids is 1. The third kappa shape index (κ3) is 2.59. The molecule has 82 valence electrons. The third-order valence-electron chi connectivity index (χ3n) is 2.85. The summed E-state index contributed by atoms with van der Waals surface area (Å²) >= 11 is 0. The maximum absolute atomic E-state index is 11.5. The van der Waals surface area contributed by atoms with Gasteiger partial charge in [-0.2, -0.15) is 0 Å². The van der Waals surface area contributed by atoms with E-state index in [9.17, 15) is 9.90 Å². The summed E-state index contributed by atoms with van der Waals surface area (Å²) in [5, 5.41) is 12.2. The maximum Gasteiger partial charge on any atom is 0.254 e. The highest BCUT2D eigenvalue weighted by Gasteiger charge is 2.23. The van der Waals surface area contributed by atoms with E-state index in [2.05, 4.69) is 5.32 Å². The molecular weight excluding hydrogens is 194 g/mol. The van der Waals surface area contributed by atoms with E-state index >= 15 is 0 Å². The molecule has 2 N–H and O–H groups in total. The van der Waals surface area contributed by atoms with Crippen molar-refractivity contribution in [1.29, 1.82) is 0 Å². The highest BCUT2D eigenvalue weighted by Crippen LogP contribution is 2.24. The van der Waals surface area contributed by atoms with Crippen molar-refractivity contribution in [3.63, 3.8) is 0 Å². The van der Waals surface area contributed by atoms with Gasteiger partial charge in [0, 0.05) is 6.54 Å². The molecule has 2 atom stereocenters. The topological polar surface area (TPSA) is 62.5 Å². The van der Waals surface area contributed by atoms with Gasteiger partial charge in [0.05, 0.1) is 17.9 Å². The minimum atomic E-state index is -0.180. The molecule has 0 radical (unpaired) electrons. The standard InChI is InChI=1S/C11H15NO3/c13-10-2-1-8(5-10)6-12-11(14)9-3-4-15-7-9/h3-4,7-8,10,13H,1-2,5-6H2,(H,12,14). The number of hydrogen-bond acceptors (Lipinski definition) is 3. The fourth-order valence-corrected chi connectivity index (χ4v) is 1.97. The Balaban J connectivity index is 1.76. The summed E-state index contributed by atoms with van der Waals surface area (Å²) in [5.74, 6) is 0.306. The minimum Gasteiger partial charge on any atom is -0.472 e. The van der Waals surface area contributed by atoms with E-state index in [1.165, 1.54) is 12.5 Å². The van der Waals surface area contributed by atoms with Crippen molar-refractivity contribution < 1.29 is 14.3 Å². The molecule has 1 fully saturated rings. The minimum absolute atomic E-state index is 0.106. The van der Waals surface area contributed by atoms with Crippen LogP contribution in [0, 0.1) is 5.92 Å². The molecule has 0 aromatic carbocycles. The smallest absolute Gasteiger partial charge is 0.254 e. The molecule has 1 aromatic rings. The van der Waals surface area contributed by atoms with Crippen LogP contribution in [-0.4, -0.2) is 23.7 Å². The third-order valence-corrected chi connectivity index (χ3v) is 2.85. The quantitative estimate of drug-likeness (QED) is 0.785. The normalized spacial score (nSPS) is 25.4. The average molecular weight is 209 g/mol. The lowest BCUT2D eigenvalue weighted by Gasteiger charge is -2.09. The zero-order chi connectivity index (χ0) is 10.7. The number of amides is 1. The second-order valence-corrected chi connectivity index (χ2v) is 4.05. The summed E-state index contributed by atoms with van der Waals surface area (Å²) in [5.41, 5.74) is 0.550. The Morgan fingerprint density at radius 3 is 3.07 bits per heavy atom. The summed E-state index contributed by atoms with van der Waals surface area (Å²) in [7, 11) is 0. The zero-order valence-corrected chi connectivity index (χ0v) is 8.48. The lowest BCUT2D eigenvalue weighted by molar-refractivity contribution is 0.0944. The Labute approximate surface area is 88.3 Å². The van der Waals surface area contributed by atoms with E-state index in [0.29, 0.717) is 18.0 Å². The van der Waals surface area contributed by atoms with Crippen LogP contribution in [0.25, 0.3) is 0 Å². The van der Waals surface area contributed by atoms with Crippen LogP contribution in [0.15, 0.2) is 23.0 Å². The zero-order valence-electron chi connectivity index (χ0n) is 8.48. The van der Waals surface area contributed by atoms with E-state index in [-0.39, 0.29) is 12.0 Å². The van der Waals surface area contributed by atoms with Gasteiger partial charge < -0.3 is 14.8 Å². The molecule has 1 amide bonds. The second-order valence-electron chi connectivity index (χ2n) is 4.05. The number of furan rings is 1. The predicted molar refractivity (Wildman–Crippen MR) is 54.4 cm³/mol. The highest BCUT2D eigenvalue weighted by molar-refractivity contribution is 5.93. The number of carbonyl (C=O) groups is 1. The summed E-state index contributed by atoms with van der Waals surface area (Å²) < 4.78 is 4.82. The van der Waals surface area contributed by atoms with Crippen molar-refractivity contribution in [2.45, 2.75) is 25.4 Å². The van der Waals surface area contributed by atoms with Crippen LogP contribution in [0.2, 0.25) is 0 Å². The van der Waals surface area contributed by atoms with Crippen LogP contribution < -0.4 is 5.32 Å². The number of nitrogens with one attached hydrogen (secondary N) is 1. The molecule has 1 aromatic heterocycles. The van der Waals surface area contributed by atoms with Crippen LogP contribution >= 0.6 is 0 Å². The summed E-state index contributed by atoms with van der Waals surface area (Å²) in [6, 6.07) is 1.64. The summed E-state index contributed by atoms with van der Waals surface area (Å²) in [4.78, 5) is 11.5. The van der Waals surface area contributed by atoms with Gasteiger partial charge in [0.1, 0.15) is 6.26 Å². The number of hydrogen-bond donors (Lipinski definition) is 2. The number of aliphatic hydroxyl groups is 1. The molecule has 0 aliphatic heterocycles. The van der Waals surface area contributed by atoms with Crippen molar-refractivity contribution in [2.24, 2.45) is 5.92 Å². The van der Waals surface area contributed by atoms with E-state index in [1.54, 1.807) is 6.07 Å². The van der Waals surface area contributed by atoms with Crippen LogP contribution in [0.4, 0.5) is 0 Å². The lowest BCUT2D eigenvalue weighted by Crippen LogP contribution is -2.28. The predicted octanol–water partition coefficient (Wildman–Crippen LogP) is 1.17. The summed E-state index contributed by atoms with van der Waals surface area (Å²) in [6.45, 7) is 0.640. The first-order valence-electron chi connectivity index (χ1n) is 5.24. The van der Waals surface area contributed by atoms with Crippen LogP contribution in [-0.2, 0) is 0 Å². The second kappa shape index (κ2) is 4.49. The van der Waals surface area contributed by atoms with Gasteiger partial charge in [0.15, 0.2) is 0 Å². The first-order chi connectivity index (χ1) is 7.25. The van der Waals surface area contributed by atoms with Gasteiger partial charge in [0.2, 0.25) is 0 Å². The largest absolute Gasteiger partial charge is 0.472 e. The Bertz CT molecular complexity index is 321. The van der Waals surface area contributed by atoms with E-state index in [0.717, 1.165) is 19.3 Å². The number of rotatable bonds is 3. The SMILES string of the molecule is O=C(NCC1CCC(O)C1)c1ccoc1. The van der Waals surface area contributed by atoms with Crippen LogP contribution in [0.1, 0.15) is 29.6 Å². The molecule has 2 unspecified atom stereocenters. The molecule has 15 heavy (non-hydrogen) atoms. The fourth-order valence-electron chi connectivity index (χ4n) is 1.97. The summed E-state index contributed by atoms with van der Waals surface area (Å²) in [6.07, 6.45) is 5.37. The molecule has 1 aliphatic carbocycles. The average Bonchev–Trinajstić information content (AvgIpc) is 2.84. The van der Waals surface area contributed by atoms with Crippen molar-refractivity contribution in [1.82, 2.24) is 5.32 Å². The monoisotopic (exact) mass is 209 g/mol. The first kappa shape index (κ1) is 10.2. The fraction of sp³-hybridized carbons (Fsp3) is 0.545. The molecule has 0 spiro atoms. The molecular formula is C11H15NO3. The molecule has 4 nitrogen and oxygen atoms in total. The van der Waals surface area contributed by atoms with Gasteiger partial charge in [-0.15, -0.1) is 0 Å². The van der Waals surface area contributed by atoms with E-state index < -0.39 is 0 Å². The van der Waals surface area contributed by atoms with Gasteiger partial charge in [-0.3, -0.25) is 4.79 Å². The van der Waals surface area contributed by atoms with Gasteiger partial charge >= 0.3 is 0 Å². The van der Waals surface area contributed by atoms with Gasteiger partial charge in [-0.1, -0.05) is 0 Å². The maximum atomic E-state index is 11.5. The molecule has 1 aliphatic rings. The van der Waals surface area contributed by atoms with Gasteiger partial charge in [0.25, 0.3) is 5.91 Å². The molecule has 1 saturated carbocycles. The Hall–Kier alpha value is -1.29. The van der Waals surface area contributed by atoms with Gasteiger partial charge in [-0.25, -0.2) is 0 Å². The van der Waals surface area contributed by atoms with Crippen LogP contribution in [0.3, 0.4) is 0 Å². The molecule has 4 heteroatoms. The molecule has 0 bridgehead atoms. The van der Waals surface area contributed by atoms with Crippen molar-refractivity contribution >= 4 is 5.91 Å². The molecule has 2 rings (SSSR count). The lowest BCUT2D eigenvalue weighted by atomic mass is 10.1. The Kier molecular flexibility index (Phi) is 3.06. The van der Waals surface area contributed by atoms with E-state index in [4.69, 9.17) is 4.42 Å².